The quantitative estimate of drug-likeness (QED) is 0.636. The van der Waals surface area contributed by atoms with Crippen LogP contribution in [-0.2, 0) is 21.4 Å². The molecule has 0 radical (unpaired) electrons. The smallest absolute Gasteiger partial charge is 0.340 e. The van der Waals surface area contributed by atoms with Crippen LogP contribution in [0.15, 0.2) is 32.0 Å². The van der Waals surface area contributed by atoms with Gasteiger partial charge in [0.15, 0.2) is 0 Å². The summed E-state index contributed by atoms with van der Waals surface area (Å²) in [6.07, 6.45) is 2.83. The lowest BCUT2D eigenvalue weighted by atomic mass is 9.86. The van der Waals surface area contributed by atoms with Gasteiger partial charge in [0.1, 0.15) is 11.2 Å². The molecule has 1 aromatic carbocycles. The van der Waals surface area contributed by atoms with Gasteiger partial charge in [0.2, 0.25) is 5.91 Å². The van der Waals surface area contributed by atoms with E-state index in [1.165, 1.54) is 0 Å². The molecule has 1 fully saturated rings. The molecule has 2 aromatic heterocycles. The van der Waals surface area contributed by atoms with E-state index in [2.05, 4.69) is 20.8 Å². The largest absolute Gasteiger partial charge is 0.481 e. The van der Waals surface area contributed by atoms with E-state index in [1.807, 2.05) is 13.0 Å². The van der Waals surface area contributed by atoms with Gasteiger partial charge in [-0.05, 0) is 36.8 Å². The second kappa shape index (κ2) is 7.55. The van der Waals surface area contributed by atoms with Gasteiger partial charge in [0.05, 0.1) is 24.2 Å². The lowest BCUT2D eigenvalue weighted by Gasteiger charge is -2.30. The molecule has 1 N–H and O–H groups in total. The minimum absolute atomic E-state index is 0.105. The molecule has 0 spiro atoms. The second-order valence-electron chi connectivity index (χ2n) is 9.43. The third kappa shape index (κ3) is 3.84. The normalized spacial score (nSPS) is 17.4. The van der Waals surface area contributed by atoms with Crippen LogP contribution in [0.2, 0.25) is 0 Å². The van der Waals surface area contributed by atoms with Gasteiger partial charge in [0, 0.05) is 35.5 Å². The Morgan fingerprint density at radius 3 is 2.61 bits per heavy atom. The fourth-order valence-corrected chi connectivity index (χ4v) is 4.36. The molecular weight excluding hydrogens is 398 g/mol. The molecule has 0 saturated carbocycles. The number of carboxylic acids is 1. The molecule has 1 aliphatic heterocycles. The van der Waals surface area contributed by atoms with Crippen LogP contribution in [0.3, 0.4) is 0 Å². The molecule has 1 amide bonds. The fourth-order valence-electron chi connectivity index (χ4n) is 4.36. The number of rotatable bonds is 3. The van der Waals surface area contributed by atoms with E-state index in [1.54, 1.807) is 17.2 Å². The van der Waals surface area contributed by atoms with E-state index in [0.29, 0.717) is 41.7 Å². The Morgan fingerprint density at radius 2 is 1.94 bits per heavy atom. The third-order valence-corrected chi connectivity index (χ3v) is 6.24. The molecule has 3 heterocycles. The monoisotopic (exact) mass is 425 g/mol. The van der Waals surface area contributed by atoms with Gasteiger partial charge in [0.25, 0.3) is 0 Å². The fraction of sp³-hybridized carbons (Fsp3) is 0.458. The number of carbonyl (C=O) groups is 2. The van der Waals surface area contributed by atoms with Crippen molar-refractivity contribution in [2.75, 3.05) is 13.1 Å². The third-order valence-electron chi connectivity index (χ3n) is 6.24. The summed E-state index contributed by atoms with van der Waals surface area (Å²) in [7, 11) is 0. The van der Waals surface area contributed by atoms with Gasteiger partial charge in [-0.25, -0.2) is 4.79 Å². The van der Waals surface area contributed by atoms with Crippen molar-refractivity contribution < 1.29 is 23.5 Å². The first-order valence-corrected chi connectivity index (χ1v) is 10.5. The summed E-state index contributed by atoms with van der Waals surface area (Å²) in [5, 5.41) is 11.0. The summed E-state index contributed by atoms with van der Waals surface area (Å²) in [6, 6.07) is 3.68. The zero-order chi connectivity index (χ0) is 22.5. The van der Waals surface area contributed by atoms with Gasteiger partial charge in [-0.2, -0.15) is 0 Å². The Labute approximate surface area is 179 Å². The molecule has 1 atom stereocenters. The van der Waals surface area contributed by atoms with Crippen LogP contribution in [0.5, 0.6) is 0 Å². The lowest BCUT2D eigenvalue weighted by Crippen LogP contribution is -2.43. The Bertz CT molecular complexity index is 1240. The number of carboxylic acid groups (broad SMARTS) is 1. The summed E-state index contributed by atoms with van der Waals surface area (Å²) in [5.41, 5.74) is 2.48. The van der Waals surface area contributed by atoms with Crippen molar-refractivity contribution in [3.8, 4) is 0 Å². The van der Waals surface area contributed by atoms with Crippen molar-refractivity contribution in [3.63, 3.8) is 0 Å². The van der Waals surface area contributed by atoms with E-state index >= 15 is 0 Å². The van der Waals surface area contributed by atoms with Gasteiger partial charge < -0.3 is 18.8 Å². The highest BCUT2D eigenvalue weighted by molar-refractivity contribution is 5.97. The van der Waals surface area contributed by atoms with E-state index in [0.717, 1.165) is 16.3 Å². The summed E-state index contributed by atoms with van der Waals surface area (Å²) in [4.78, 5) is 38.4. The number of hydrogen-bond acceptors (Lipinski definition) is 5. The van der Waals surface area contributed by atoms with E-state index < -0.39 is 17.5 Å². The van der Waals surface area contributed by atoms with Crippen molar-refractivity contribution in [3.05, 3.63) is 45.5 Å². The maximum absolute atomic E-state index is 12.9. The van der Waals surface area contributed by atoms with Crippen LogP contribution < -0.4 is 5.63 Å². The summed E-state index contributed by atoms with van der Waals surface area (Å²) in [6.45, 7) is 8.81. The first-order chi connectivity index (χ1) is 14.6. The van der Waals surface area contributed by atoms with E-state index in [9.17, 15) is 19.5 Å². The number of carbonyl (C=O) groups excluding carboxylic acids is 1. The maximum Gasteiger partial charge on any atom is 0.340 e. The lowest BCUT2D eigenvalue weighted by molar-refractivity contribution is -0.145. The number of likely N-dealkylation sites (tertiary alicyclic amines) is 1. The molecule has 0 bridgehead atoms. The van der Waals surface area contributed by atoms with Crippen molar-refractivity contribution >= 4 is 33.8 Å². The highest BCUT2D eigenvalue weighted by atomic mass is 16.4. The molecule has 0 aliphatic carbocycles. The van der Waals surface area contributed by atoms with Gasteiger partial charge in [-0.3, -0.25) is 9.59 Å². The molecule has 1 saturated heterocycles. The van der Waals surface area contributed by atoms with Crippen molar-refractivity contribution in [2.24, 2.45) is 5.92 Å². The van der Waals surface area contributed by atoms with Crippen LogP contribution in [0.4, 0.5) is 0 Å². The Kier molecular flexibility index (Phi) is 5.15. The Balaban J connectivity index is 1.72. The number of amides is 1. The van der Waals surface area contributed by atoms with E-state index in [-0.39, 0.29) is 24.3 Å². The SMILES string of the molecule is Cc1c(CC(=O)N2CCC[C@H](C(=O)O)C2)c(=O)oc2cc3occ(C(C)(C)C)c3cc12. The predicted molar refractivity (Wildman–Crippen MR) is 116 cm³/mol. The van der Waals surface area contributed by atoms with Gasteiger partial charge in [-0.1, -0.05) is 20.8 Å². The van der Waals surface area contributed by atoms with Crippen molar-refractivity contribution in [2.45, 2.75) is 52.4 Å². The predicted octanol–water partition coefficient (Wildman–Crippen LogP) is 4.01. The highest BCUT2D eigenvalue weighted by Crippen LogP contribution is 2.35. The number of furan rings is 1. The standard InChI is InChI=1S/C24H27NO6/c1-13-15-8-17-18(24(2,3)4)12-30-19(17)10-20(15)31-23(29)16(13)9-21(26)25-7-5-6-14(11-25)22(27)28/h8,10,12,14H,5-7,9,11H2,1-4H3,(H,27,28)/t14-/m0/s1. The van der Waals surface area contributed by atoms with Crippen LogP contribution in [0.25, 0.3) is 21.9 Å². The zero-order valence-corrected chi connectivity index (χ0v) is 18.3. The van der Waals surface area contributed by atoms with Crippen molar-refractivity contribution in [1.82, 2.24) is 4.90 Å². The number of hydrogen-bond donors (Lipinski definition) is 1. The molecule has 164 valence electrons. The molecule has 0 unspecified atom stereocenters. The first-order valence-electron chi connectivity index (χ1n) is 10.5. The van der Waals surface area contributed by atoms with Crippen LogP contribution >= 0.6 is 0 Å². The average molecular weight is 425 g/mol. The summed E-state index contributed by atoms with van der Waals surface area (Å²) < 4.78 is 11.2. The molecule has 4 rings (SSSR count). The summed E-state index contributed by atoms with van der Waals surface area (Å²) >= 11 is 0. The second-order valence-corrected chi connectivity index (χ2v) is 9.43. The van der Waals surface area contributed by atoms with Crippen molar-refractivity contribution in [1.29, 1.82) is 0 Å². The molecule has 7 nitrogen and oxygen atoms in total. The Hall–Kier alpha value is -3.09. The molecule has 3 aromatic rings. The maximum atomic E-state index is 12.9. The van der Waals surface area contributed by atoms with Gasteiger partial charge in [-0.15, -0.1) is 0 Å². The number of aryl methyl sites for hydroxylation is 1. The molecule has 1 aliphatic rings. The topological polar surface area (TPSA) is 101 Å². The minimum Gasteiger partial charge on any atom is -0.481 e. The number of piperidine rings is 1. The molecular formula is C24H27NO6. The molecule has 31 heavy (non-hydrogen) atoms. The minimum atomic E-state index is -0.891. The molecule has 7 heteroatoms. The number of benzene rings is 1. The van der Waals surface area contributed by atoms with Crippen LogP contribution in [-0.4, -0.2) is 35.0 Å². The highest BCUT2D eigenvalue weighted by Gasteiger charge is 2.29. The summed E-state index contributed by atoms with van der Waals surface area (Å²) in [5.74, 6) is -1.70. The van der Waals surface area contributed by atoms with Gasteiger partial charge >= 0.3 is 11.6 Å². The van der Waals surface area contributed by atoms with Crippen LogP contribution in [0, 0.1) is 12.8 Å². The zero-order valence-electron chi connectivity index (χ0n) is 18.3. The average Bonchev–Trinajstić information content (AvgIpc) is 3.13. The Morgan fingerprint density at radius 1 is 1.19 bits per heavy atom. The number of nitrogens with zero attached hydrogens (tertiary/aromatic N) is 1. The van der Waals surface area contributed by atoms with E-state index in [4.69, 9.17) is 8.83 Å². The number of fused-ring (bicyclic) bond motifs is 2. The van der Waals surface area contributed by atoms with Crippen LogP contribution in [0.1, 0.15) is 50.3 Å². The number of aliphatic carboxylic acids is 1. The first kappa shape index (κ1) is 21.2.